The highest BCUT2D eigenvalue weighted by atomic mass is 16.5. The molecule has 3 N–H and O–H groups in total. The van der Waals surface area contributed by atoms with E-state index in [2.05, 4.69) is 62.5 Å². The van der Waals surface area contributed by atoms with E-state index in [1.807, 2.05) is 0 Å². The number of nitrogens with one attached hydrogen (secondary N) is 1. The lowest BCUT2D eigenvalue weighted by Gasteiger charge is -2.24. The quantitative estimate of drug-likeness (QED) is 0.0321. The van der Waals surface area contributed by atoms with Gasteiger partial charge in [-0.05, 0) is 83.5 Å². The Hall–Kier alpha value is -1.92. The third-order valence-electron chi connectivity index (χ3n) is 13.4. The maximum atomic E-state index is 13.3. The molecule has 0 saturated carbocycles. The molecule has 3 atom stereocenters. The molecule has 0 aliphatic rings. The van der Waals surface area contributed by atoms with Crippen LogP contribution in [0.15, 0.2) is 36.5 Å². The van der Waals surface area contributed by atoms with Crippen LogP contribution in [-0.2, 0) is 14.3 Å². The second kappa shape index (κ2) is 54.0. The maximum absolute atomic E-state index is 13.3. The van der Waals surface area contributed by atoms with Crippen molar-refractivity contribution >= 4 is 11.9 Å². The molecule has 0 aliphatic carbocycles. The van der Waals surface area contributed by atoms with Crippen LogP contribution in [0.4, 0.5) is 0 Å². The Bertz CT molecular complexity index is 1090. The van der Waals surface area contributed by atoms with Gasteiger partial charge in [-0.1, -0.05) is 250 Å². The lowest BCUT2D eigenvalue weighted by molar-refractivity contribution is -0.151. The number of carbonyl (C=O) groups is 2. The van der Waals surface area contributed by atoms with Crippen LogP contribution in [-0.4, -0.2) is 46.9 Å². The second-order valence-electron chi connectivity index (χ2n) is 20.0. The predicted molar refractivity (Wildman–Crippen MR) is 287 cm³/mol. The van der Waals surface area contributed by atoms with E-state index >= 15 is 0 Å². The van der Waals surface area contributed by atoms with Crippen molar-refractivity contribution in [2.45, 2.75) is 328 Å². The second-order valence-corrected chi connectivity index (χ2v) is 20.0. The molecule has 0 aromatic heterocycles. The number of aliphatic hydroxyl groups is 2. The molecule has 0 heterocycles. The zero-order valence-corrected chi connectivity index (χ0v) is 44.3. The van der Waals surface area contributed by atoms with Crippen LogP contribution >= 0.6 is 0 Å². The molecule has 66 heavy (non-hydrogen) atoms. The van der Waals surface area contributed by atoms with E-state index in [4.69, 9.17) is 4.74 Å². The Morgan fingerprint density at radius 3 is 1.20 bits per heavy atom. The molecule has 0 rings (SSSR count). The van der Waals surface area contributed by atoms with Gasteiger partial charge >= 0.3 is 5.97 Å². The van der Waals surface area contributed by atoms with E-state index in [9.17, 15) is 19.8 Å². The minimum absolute atomic E-state index is 0.0745. The lowest BCUT2D eigenvalue weighted by atomic mass is 10.0. The van der Waals surface area contributed by atoms with E-state index in [0.717, 1.165) is 70.6 Å². The molecule has 1 amide bonds. The monoisotopic (exact) mass is 928 g/mol. The number of ether oxygens (including phenoxy) is 1. The average molecular weight is 929 g/mol. The number of hydrogen-bond donors (Lipinski definition) is 3. The van der Waals surface area contributed by atoms with Crippen LogP contribution in [0, 0.1) is 0 Å². The highest BCUT2D eigenvalue weighted by Gasteiger charge is 2.24. The Balaban J connectivity index is 4.53. The van der Waals surface area contributed by atoms with Gasteiger partial charge in [0.1, 0.15) is 6.10 Å². The van der Waals surface area contributed by atoms with Crippen molar-refractivity contribution in [1.82, 2.24) is 5.32 Å². The molecular formula is C60H113NO5. The largest absolute Gasteiger partial charge is 0.462 e. The SMILES string of the molecule is CCCCC/C=C\C/C=C\CCCCCCCCCC(CC(=O)NC(CO)C(O)CCCCCCCCCCCCC)OC(=O)CCCCCCCCCCC/C=C/CCCCCCCC. The van der Waals surface area contributed by atoms with E-state index < -0.39 is 18.2 Å². The minimum Gasteiger partial charge on any atom is -0.462 e. The molecule has 3 unspecified atom stereocenters. The van der Waals surface area contributed by atoms with Crippen molar-refractivity contribution in [3.05, 3.63) is 36.5 Å². The van der Waals surface area contributed by atoms with Gasteiger partial charge in [-0.3, -0.25) is 9.59 Å². The van der Waals surface area contributed by atoms with Crippen LogP contribution in [0.1, 0.15) is 310 Å². The molecule has 388 valence electrons. The Morgan fingerprint density at radius 1 is 0.439 bits per heavy atom. The Kier molecular flexibility index (Phi) is 52.5. The van der Waals surface area contributed by atoms with E-state index in [-0.39, 0.29) is 24.9 Å². The Morgan fingerprint density at radius 2 is 0.773 bits per heavy atom. The van der Waals surface area contributed by atoms with Crippen LogP contribution in [0.25, 0.3) is 0 Å². The summed E-state index contributed by atoms with van der Waals surface area (Å²) >= 11 is 0. The zero-order chi connectivity index (χ0) is 48.1. The number of carbonyl (C=O) groups excluding carboxylic acids is 2. The van der Waals surface area contributed by atoms with Gasteiger partial charge in [-0.2, -0.15) is 0 Å². The number of hydrogen-bond acceptors (Lipinski definition) is 5. The van der Waals surface area contributed by atoms with Crippen LogP contribution < -0.4 is 5.32 Å². The van der Waals surface area contributed by atoms with Gasteiger partial charge in [-0.25, -0.2) is 0 Å². The van der Waals surface area contributed by atoms with Crippen LogP contribution in [0.5, 0.6) is 0 Å². The van der Waals surface area contributed by atoms with Crippen molar-refractivity contribution in [2.24, 2.45) is 0 Å². The number of esters is 1. The summed E-state index contributed by atoms with van der Waals surface area (Å²) in [5.74, 6) is -0.469. The van der Waals surface area contributed by atoms with Crippen molar-refractivity contribution in [1.29, 1.82) is 0 Å². The molecule has 6 heteroatoms. The van der Waals surface area contributed by atoms with Gasteiger partial charge in [-0.15, -0.1) is 0 Å². The highest BCUT2D eigenvalue weighted by molar-refractivity contribution is 5.77. The molecule has 0 radical (unpaired) electrons. The fourth-order valence-corrected chi connectivity index (χ4v) is 8.99. The van der Waals surface area contributed by atoms with Gasteiger partial charge in [0.15, 0.2) is 0 Å². The standard InChI is InChI=1S/C60H113NO5/c1-4-7-10-13-16-19-22-24-26-28-29-31-33-35-38-41-44-47-50-53-60(65)66-56(51-48-45-42-39-37-34-32-30-27-25-23-20-17-14-11-8-5-2)54-59(64)61-57(55-62)58(63)52-49-46-43-40-36-21-18-15-12-9-6-3/h17,20,24-27,56-58,62-63H,4-16,18-19,21-23,28-55H2,1-3H3,(H,61,64)/b20-17-,26-24+,27-25-. The Labute approximate surface area is 411 Å². The van der Waals surface area contributed by atoms with Crippen molar-refractivity contribution in [3.8, 4) is 0 Å². The third kappa shape index (κ3) is 48.5. The minimum atomic E-state index is -0.788. The molecule has 0 aliphatic heterocycles. The van der Waals surface area contributed by atoms with Gasteiger partial charge in [0, 0.05) is 6.42 Å². The summed E-state index contributed by atoms with van der Waals surface area (Å²) in [6.07, 6.45) is 65.0. The first-order valence-electron chi connectivity index (χ1n) is 29.2. The molecule has 0 spiro atoms. The maximum Gasteiger partial charge on any atom is 0.306 e. The normalized spacial score (nSPS) is 13.3. The van der Waals surface area contributed by atoms with Crippen molar-refractivity contribution < 1.29 is 24.5 Å². The predicted octanol–water partition coefficient (Wildman–Crippen LogP) is 18.0. The van der Waals surface area contributed by atoms with Crippen molar-refractivity contribution in [2.75, 3.05) is 6.61 Å². The van der Waals surface area contributed by atoms with Crippen LogP contribution in [0.2, 0.25) is 0 Å². The fraction of sp³-hybridized carbons (Fsp3) is 0.867. The summed E-state index contributed by atoms with van der Waals surface area (Å²) in [5, 5.41) is 23.8. The van der Waals surface area contributed by atoms with Gasteiger partial charge in [0.2, 0.25) is 5.91 Å². The molecule has 6 nitrogen and oxygen atoms in total. The number of allylic oxidation sites excluding steroid dienone is 6. The summed E-state index contributed by atoms with van der Waals surface area (Å²) in [7, 11) is 0. The topological polar surface area (TPSA) is 95.9 Å². The van der Waals surface area contributed by atoms with Gasteiger partial charge in [0.25, 0.3) is 0 Å². The molecule has 0 fully saturated rings. The first kappa shape index (κ1) is 64.1. The van der Waals surface area contributed by atoms with Crippen molar-refractivity contribution in [3.63, 3.8) is 0 Å². The van der Waals surface area contributed by atoms with E-state index in [0.29, 0.717) is 19.3 Å². The summed E-state index contributed by atoms with van der Waals surface area (Å²) in [6.45, 7) is 6.48. The highest BCUT2D eigenvalue weighted by Crippen LogP contribution is 2.18. The first-order valence-corrected chi connectivity index (χ1v) is 29.2. The summed E-state index contributed by atoms with van der Waals surface area (Å²) in [4.78, 5) is 26.3. The van der Waals surface area contributed by atoms with Crippen LogP contribution in [0.3, 0.4) is 0 Å². The molecule has 0 bridgehead atoms. The smallest absolute Gasteiger partial charge is 0.306 e. The first-order chi connectivity index (χ1) is 32.5. The van der Waals surface area contributed by atoms with E-state index in [1.54, 1.807) is 0 Å². The molecule has 0 aromatic carbocycles. The van der Waals surface area contributed by atoms with E-state index in [1.165, 1.54) is 193 Å². The summed E-state index contributed by atoms with van der Waals surface area (Å²) < 4.78 is 5.97. The third-order valence-corrected chi connectivity index (χ3v) is 13.4. The molecular weight excluding hydrogens is 815 g/mol. The van der Waals surface area contributed by atoms with Gasteiger partial charge in [0.05, 0.1) is 25.2 Å². The van der Waals surface area contributed by atoms with Gasteiger partial charge < -0.3 is 20.3 Å². The fourth-order valence-electron chi connectivity index (χ4n) is 8.99. The number of amides is 1. The number of aliphatic hydroxyl groups excluding tert-OH is 2. The number of rotatable bonds is 53. The molecule has 0 aromatic rings. The lowest BCUT2D eigenvalue weighted by Crippen LogP contribution is -2.46. The summed E-state index contributed by atoms with van der Waals surface area (Å²) in [6, 6.07) is -0.702. The number of unbranched alkanes of at least 4 members (excludes halogenated alkanes) is 35. The zero-order valence-electron chi connectivity index (χ0n) is 44.3. The molecule has 0 saturated heterocycles. The summed E-state index contributed by atoms with van der Waals surface area (Å²) in [5.41, 5.74) is 0. The average Bonchev–Trinajstić information content (AvgIpc) is 3.31.